The lowest BCUT2D eigenvalue weighted by atomic mass is 10.1. The van der Waals surface area contributed by atoms with Crippen molar-refractivity contribution in [2.45, 2.75) is 48.8 Å². The second-order valence-corrected chi connectivity index (χ2v) is 8.54. The van der Waals surface area contributed by atoms with Crippen molar-refractivity contribution >= 4 is 10.0 Å². The number of nitrogens with zero attached hydrogens (tertiary/aromatic N) is 2. The fourth-order valence-corrected chi connectivity index (χ4v) is 5.39. The minimum absolute atomic E-state index is 0.0517. The van der Waals surface area contributed by atoms with Gasteiger partial charge in [0.2, 0.25) is 10.0 Å². The standard InChI is InChI=1S/C17H26N2O3S/c1-18(23(20,21)15-7-4-3-5-8-15)16-9-6-10-17(16)19-12-11-14(13-19)22-2/h3-5,7-8,14,16-17H,6,9-13H2,1-2H3/t14?,16-,17+/m1/s1. The van der Waals surface area contributed by atoms with Crippen LogP contribution in [-0.2, 0) is 14.8 Å². The predicted molar refractivity (Wildman–Crippen MR) is 89.8 cm³/mol. The van der Waals surface area contributed by atoms with E-state index in [1.54, 1.807) is 42.7 Å². The van der Waals surface area contributed by atoms with Crippen molar-refractivity contribution in [2.75, 3.05) is 27.2 Å². The van der Waals surface area contributed by atoms with E-state index in [2.05, 4.69) is 4.90 Å². The second kappa shape index (κ2) is 6.89. The number of sulfonamides is 1. The summed E-state index contributed by atoms with van der Waals surface area (Å²) in [5.74, 6) is 0. The molecule has 1 saturated heterocycles. The van der Waals surface area contributed by atoms with Gasteiger partial charge < -0.3 is 4.74 Å². The van der Waals surface area contributed by atoms with Crippen molar-refractivity contribution < 1.29 is 13.2 Å². The molecule has 3 rings (SSSR count). The van der Waals surface area contributed by atoms with E-state index in [9.17, 15) is 8.42 Å². The Balaban J connectivity index is 1.77. The molecule has 0 radical (unpaired) electrons. The molecule has 0 N–H and O–H groups in total. The Morgan fingerprint density at radius 1 is 1.17 bits per heavy atom. The van der Waals surface area contributed by atoms with Crippen LogP contribution in [-0.4, -0.2) is 63.1 Å². The molecule has 5 nitrogen and oxygen atoms in total. The monoisotopic (exact) mass is 338 g/mol. The molecule has 3 atom stereocenters. The molecule has 0 spiro atoms. The van der Waals surface area contributed by atoms with Crippen molar-refractivity contribution in [1.82, 2.24) is 9.21 Å². The number of rotatable bonds is 5. The zero-order valence-corrected chi connectivity index (χ0v) is 14.7. The topological polar surface area (TPSA) is 49.9 Å². The molecule has 128 valence electrons. The van der Waals surface area contributed by atoms with E-state index in [0.717, 1.165) is 38.8 Å². The van der Waals surface area contributed by atoms with Crippen molar-refractivity contribution in [3.05, 3.63) is 30.3 Å². The molecule has 1 aromatic carbocycles. The van der Waals surface area contributed by atoms with Crippen molar-refractivity contribution in [3.63, 3.8) is 0 Å². The van der Waals surface area contributed by atoms with Crippen LogP contribution in [0.25, 0.3) is 0 Å². The van der Waals surface area contributed by atoms with Gasteiger partial charge in [-0.1, -0.05) is 24.6 Å². The Kier molecular flexibility index (Phi) is 5.06. The third-order valence-electron chi connectivity index (χ3n) is 5.31. The normalized spacial score (nSPS) is 29.4. The third kappa shape index (κ3) is 3.31. The van der Waals surface area contributed by atoms with Crippen LogP contribution in [0.3, 0.4) is 0 Å². The Hall–Kier alpha value is -0.950. The van der Waals surface area contributed by atoms with Crippen LogP contribution < -0.4 is 0 Å². The molecule has 2 fully saturated rings. The highest BCUT2D eigenvalue weighted by Gasteiger charge is 2.41. The Bertz CT molecular complexity index is 620. The van der Waals surface area contributed by atoms with Crippen LogP contribution in [0.5, 0.6) is 0 Å². The van der Waals surface area contributed by atoms with Gasteiger partial charge in [-0.25, -0.2) is 8.42 Å². The SMILES string of the molecule is COC1CCN([C@H]2CCC[C@H]2N(C)S(=O)(=O)c2ccccc2)C1. The van der Waals surface area contributed by atoms with Crippen LogP contribution in [0, 0.1) is 0 Å². The lowest BCUT2D eigenvalue weighted by Crippen LogP contribution is -2.49. The molecule has 6 heteroatoms. The first-order valence-electron chi connectivity index (χ1n) is 8.34. The van der Waals surface area contributed by atoms with Gasteiger partial charge in [0, 0.05) is 39.3 Å². The van der Waals surface area contributed by atoms with Gasteiger partial charge in [0.15, 0.2) is 0 Å². The van der Waals surface area contributed by atoms with E-state index in [4.69, 9.17) is 4.74 Å². The second-order valence-electron chi connectivity index (χ2n) is 6.54. The summed E-state index contributed by atoms with van der Waals surface area (Å²) < 4.78 is 32.8. The van der Waals surface area contributed by atoms with E-state index in [1.807, 2.05) is 6.07 Å². The summed E-state index contributed by atoms with van der Waals surface area (Å²) in [5.41, 5.74) is 0. The summed E-state index contributed by atoms with van der Waals surface area (Å²) in [5, 5.41) is 0. The fraction of sp³-hybridized carbons (Fsp3) is 0.647. The van der Waals surface area contributed by atoms with Crippen LogP contribution in [0.2, 0.25) is 0 Å². The molecule has 0 aromatic heterocycles. The first-order valence-corrected chi connectivity index (χ1v) is 9.78. The summed E-state index contributed by atoms with van der Waals surface area (Å²) >= 11 is 0. The molecule has 1 aliphatic carbocycles. The molecule has 0 amide bonds. The van der Waals surface area contributed by atoms with Crippen LogP contribution in [0.4, 0.5) is 0 Å². The largest absolute Gasteiger partial charge is 0.380 e. The lowest BCUT2D eigenvalue weighted by Gasteiger charge is -2.34. The summed E-state index contributed by atoms with van der Waals surface area (Å²) in [4.78, 5) is 2.80. The molecule has 1 heterocycles. The fourth-order valence-electron chi connectivity index (χ4n) is 3.96. The number of methoxy groups -OCH3 is 1. The minimum Gasteiger partial charge on any atom is -0.380 e. The number of ether oxygens (including phenoxy) is 1. The molecule has 1 unspecified atom stereocenters. The first kappa shape index (κ1) is 16.9. The van der Waals surface area contributed by atoms with Crippen molar-refractivity contribution in [3.8, 4) is 0 Å². The average Bonchev–Trinajstić information content (AvgIpc) is 3.23. The van der Waals surface area contributed by atoms with E-state index in [0.29, 0.717) is 10.9 Å². The Morgan fingerprint density at radius 2 is 1.91 bits per heavy atom. The number of likely N-dealkylation sites (tertiary alicyclic amines) is 1. The highest BCUT2D eigenvalue weighted by molar-refractivity contribution is 7.89. The summed E-state index contributed by atoms with van der Waals surface area (Å²) in [7, 11) is 0.0590. The molecule has 23 heavy (non-hydrogen) atoms. The maximum Gasteiger partial charge on any atom is 0.243 e. The van der Waals surface area contributed by atoms with E-state index in [1.165, 1.54) is 0 Å². The number of benzene rings is 1. The molecule has 2 aliphatic rings. The van der Waals surface area contributed by atoms with Crippen molar-refractivity contribution in [1.29, 1.82) is 0 Å². The molecular weight excluding hydrogens is 312 g/mol. The van der Waals surface area contributed by atoms with Gasteiger partial charge >= 0.3 is 0 Å². The van der Waals surface area contributed by atoms with Gasteiger partial charge in [-0.2, -0.15) is 4.31 Å². The quantitative estimate of drug-likeness (QED) is 0.823. The molecular formula is C17H26N2O3S. The third-order valence-corrected chi connectivity index (χ3v) is 7.21. The highest BCUT2D eigenvalue weighted by atomic mass is 32.2. The smallest absolute Gasteiger partial charge is 0.243 e. The zero-order chi connectivity index (χ0) is 16.4. The molecule has 1 saturated carbocycles. The highest BCUT2D eigenvalue weighted by Crippen LogP contribution is 2.33. The summed E-state index contributed by atoms with van der Waals surface area (Å²) in [6.07, 6.45) is 4.40. The van der Waals surface area contributed by atoms with Gasteiger partial charge in [0.1, 0.15) is 0 Å². The number of hydrogen-bond acceptors (Lipinski definition) is 4. The van der Waals surface area contributed by atoms with Gasteiger partial charge in [0.05, 0.1) is 11.0 Å². The van der Waals surface area contributed by atoms with Gasteiger partial charge in [-0.05, 0) is 31.4 Å². The van der Waals surface area contributed by atoms with Crippen molar-refractivity contribution in [2.24, 2.45) is 0 Å². The first-order chi connectivity index (χ1) is 11.0. The molecule has 0 bridgehead atoms. The number of likely N-dealkylation sites (N-methyl/N-ethyl adjacent to an activating group) is 1. The van der Waals surface area contributed by atoms with Crippen LogP contribution in [0.15, 0.2) is 35.2 Å². The van der Waals surface area contributed by atoms with Gasteiger partial charge in [-0.15, -0.1) is 0 Å². The lowest BCUT2D eigenvalue weighted by molar-refractivity contribution is 0.0943. The van der Waals surface area contributed by atoms with E-state index < -0.39 is 10.0 Å². The molecule has 1 aromatic rings. The van der Waals surface area contributed by atoms with Gasteiger partial charge in [0.25, 0.3) is 0 Å². The Morgan fingerprint density at radius 3 is 2.57 bits per heavy atom. The maximum atomic E-state index is 12.9. The maximum absolute atomic E-state index is 12.9. The summed E-state index contributed by atoms with van der Waals surface area (Å²) in [6, 6.07) is 9.09. The van der Waals surface area contributed by atoms with Crippen LogP contribution >= 0.6 is 0 Å². The minimum atomic E-state index is -3.43. The van der Waals surface area contributed by atoms with Crippen LogP contribution in [0.1, 0.15) is 25.7 Å². The Labute approximate surface area is 139 Å². The van der Waals surface area contributed by atoms with Gasteiger partial charge in [-0.3, -0.25) is 4.90 Å². The zero-order valence-electron chi connectivity index (χ0n) is 13.9. The predicted octanol–water partition coefficient (Wildman–Crippen LogP) is 1.95. The number of hydrogen-bond donors (Lipinski definition) is 0. The molecule has 1 aliphatic heterocycles. The average molecular weight is 338 g/mol. The van der Waals surface area contributed by atoms with E-state index >= 15 is 0 Å². The summed E-state index contributed by atoms with van der Waals surface area (Å²) in [6.45, 7) is 1.91. The van der Waals surface area contributed by atoms with E-state index in [-0.39, 0.29) is 12.1 Å².